The molecule has 48 heavy (non-hydrogen) atoms. The van der Waals surface area contributed by atoms with Crippen molar-refractivity contribution in [2.45, 2.75) is 19.8 Å². The van der Waals surface area contributed by atoms with E-state index < -0.39 is 23.9 Å². The lowest BCUT2D eigenvalue weighted by Gasteiger charge is -2.08. The lowest BCUT2D eigenvalue weighted by Crippen LogP contribution is -2.13. The van der Waals surface area contributed by atoms with Crippen LogP contribution in [0.4, 0.5) is 0 Å². The summed E-state index contributed by atoms with van der Waals surface area (Å²) in [5.74, 6) is -1.13. The van der Waals surface area contributed by atoms with E-state index in [9.17, 15) is 33.6 Å². The number of ether oxygens (including phenoxy) is 3. The predicted octanol–water partition coefficient (Wildman–Crippen LogP) is 5.04. The average molecular weight is 660 g/mol. The molecule has 14 nitrogen and oxygen atoms in total. The van der Waals surface area contributed by atoms with E-state index >= 15 is 0 Å². The lowest BCUT2D eigenvalue weighted by atomic mass is 10.1. The summed E-state index contributed by atoms with van der Waals surface area (Å²) >= 11 is 0. The Morgan fingerprint density at radius 1 is 0.583 bits per heavy atom. The van der Waals surface area contributed by atoms with Crippen molar-refractivity contribution in [3.63, 3.8) is 0 Å². The standard InChI is InChI=1S/C20H14O8.C8H4O3.C6H6O3.H2/c21-9-13-5-7-15(27-13)11-25-19(23)17-3-1-2-4-18(17)20(24)26-12-16-8-6-14(10-22)28-16;9-7-5-3-1-2-4-6(5)8(10)11-7;7-3-5-1-2-6(4-8)9-5;/h1-10H,11-12H2;1-4H;1-3,8H,4H2;1H/i;;;1+1. The van der Waals surface area contributed by atoms with Crippen LogP contribution in [0.25, 0.3) is 0 Å². The van der Waals surface area contributed by atoms with Crippen LogP contribution in [0.2, 0.25) is 0 Å². The Balaban J connectivity index is 0.000000251. The van der Waals surface area contributed by atoms with Crippen LogP contribution in [0.1, 0.15) is 91.8 Å². The molecule has 0 aliphatic carbocycles. The summed E-state index contributed by atoms with van der Waals surface area (Å²) in [6.07, 6.45) is 1.67. The Morgan fingerprint density at radius 2 is 0.958 bits per heavy atom. The highest BCUT2D eigenvalue weighted by Crippen LogP contribution is 2.19. The number of fused-ring (bicyclic) bond motifs is 1. The van der Waals surface area contributed by atoms with E-state index in [2.05, 4.69) is 4.74 Å². The molecule has 14 heteroatoms. The first-order chi connectivity index (χ1) is 23.3. The van der Waals surface area contributed by atoms with E-state index in [0.29, 0.717) is 47.3 Å². The summed E-state index contributed by atoms with van der Waals surface area (Å²) < 4.78 is 29.6. The summed E-state index contributed by atoms with van der Waals surface area (Å²) in [5.41, 5.74) is 0.750. The Bertz CT molecular complexity index is 1830. The van der Waals surface area contributed by atoms with Gasteiger partial charge in [0, 0.05) is 1.43 Å². The zero-order chi connectivity index (χ0) is 34.5. The molecule has 1 aliphatic heterocycles. The van der Waals surface area contributed by atoms with Crippen LogP contribution >= 0.6 is 0 Å². The van der Waals surface area contributed by atoms with Crippen molar-refractivity contribution in [3.8, 4) is 0 Å². The first-order valence-corrected chi connectivity index (χ1v) is 13.8. The van der Waals surface area contributed by atoms with E-state index in [1.54, 1.807) is 42.5 Å². The first-order valence-electron chi connectivity index (χ1n) is 13.8. The van der Waals surface area contributed by atoms with Gasteiger partial charge in [-0.2, -0.15) is 0 Å². The van der Waals surface area contributed by atoms with Crippen molar-refractivity contribution in [1.82, 2.24) is 0 Å². The summed E-state index contributed by atoms with van der Waals surface area (Å²) in [5, 5.41) is 8.44. The predicted molar refractivity (Wildman–Crippen MR) is 161 cm³/mol. The highest BCUT2D eigenvalue weighted by molar-refractivity contribution is 6.14. The molecule has 0 atom stereocenters. The van der Waals surface area contributed by atoms with Gasteiger partial charge in [0.05, 0.1) is 22.3 Å². The molecule has 3 aromatic heterocycles. The van der Waals surface area contributed by atoms with Gasteiger partial charge in [0.25, 0.3) is 0 Å². The molecule has 5 aromatic rings. The van der Waals surface area contributed by atoms with Crippen LogP contribution in [0.5, 0.6) is 0 Å². The molecule has 2 aromatic carbocycles. The molecule has 1 N–H and O–H groups in total. The van der Waals surface area contributed by atoms with Crippen LogP contribution in [-0.2, 0) is 34.0 Å². The van der Waals surface area contributed by atoms with Gasteiger partial charge in [-0.05, 0) is 60.7 Å². The molecule has 0 fully saturated rings. The maximum atomic E-state index is 12.3. The number of cyclic esters (lactones) is 2. The van der Waals surface area contributed by atoms with Crippen LogP contribution < -0.4 is 0 Å². The molecule has 0 bridgehead atoms. The second kappa shape index (κ2) is 16.6. The Hall–Kier alpha value is -6.67. The van der Waals surface area contributed by atoms with Gasteiger partial charge in [-0.25, -0.2) is 19.2 Å². The Kier molecular flexibility index (Phi) is 11.8. The normalized spacial score (nSPS) is 11.1. The molecular formula is C34H26O14. The minimum Gasteiger partial charge on any atom is -0.456 e. The summed E-state index contributed by atoms with van der Waals surface area (Å²) in [6.45, 7) is -0.554. The number of furan rings is 3. The number of aldehydes is 3. The van der Waals surface area contributed by atoms with Crippen LogP contribution in [0, 0.1) is 0 Å². The van der Waals surface area contributed by atoms with Crippen molar-refractivity contribution in [2.75, 3.05) is 0 Å². The van der Waals surface area contributed by atoms with Gasteiger partial charge in [0.15, 0.2) is 36.1 Å². The van der Waals surface area contributed by atoms with Gasteiger partial charge in [0.1, 0.15) is 37.1 Å². The molecule has 0 radical (unpaired) electrons. The van der Waals surface area contributed by atoms with Crippen LogP contribution in [0.3, 0.4) is 0 Å². The zero-order valence-corrected chi connectivity index (χ0v) is 24.7. The number of hydrogen-bond acceptors (Lipinski definition) is 14. The SMILES string of the molecule is O=C1OC(=O)c2ccccc21.O=Cc1ccc(CO)o1.O=Cc1ccc(COC(=O)c2ccccc2C(=O)OCc2ccc(C=O)o2)o1.[2HH]. The lowest BCUT2D eigenvalue weighted by molar-refractivity contribution is 0.0398. The molecule has 6 rings (SSSR count). The topological polar surface area (TPSA) is 207 Å². The van der Waals surface area contributed by atoms with Crippen LogP contribution in [0.15, 0.2) is 98.2 Å². The average Bonchev–Trinajstić information content (AvgIpc) is 3.94. The third-order valence-electron chi connectivity index (χ3n) is 6.16. The van der Waals surface area contributed by atoms with Crippen molar-refractivity contribution >= 4 is 42.7 Å². The van der Waals surface area contributed by atoms with Gasteiger partial charge in [0.2, 0.25) is 0 Å². The molecule has 4 heterocycles. The molecule has 1 aliphatic rings. The van der Waals surface area contributed by atoms with Gasteiger partial charge in [-0.15, -0.1) is 0 Å². The summed E-state index contributed by atoms with van der Waals surface area (Å²) in [4.78, 5) is 77.5. The van der Waals surface area contributed by atoms with Crippen LogP contribution in [-0.4, -0.2) is 47.8 Å². The largest absolute Gasteiger partial charge is 0.456 e. The van der Waals surface area contributed by atoms with Crippen molar-refractivity contribution in [2.24, 2.45) is 0 Å². The maximum absolute atomic E-state index is 12.3. The number of benzene rings is 2. The second-order valence-electron chi connectivity index (χ2n) is 9.34. The molecule has 0 saturated carbocycles. The summed E-state index contributed by atoms with van der Waals surface area (Å²) in [6, 6.07) is 21.5. The molecule has 246 valence electrons. The number of carbonyl (C=O) groups is 7. The third kappa shape index (κ3) is 8.95. The first kappa shape index (κ1) is 34.2. The van der Waals surface area contributed by atoms with Gasteiger partial charge in [-0.3, -0.25) is 14.4 Å². The minimum absolute atomic E-state index is 0. The van der Waals surface area contributed by atoms with E-state index in [1.165, 1.54) is 42.5 Å². The van der Waals surface area contributed by atoms with Crippen molar-refractivity contribution < 1.29 is 67.6 Å². The number of rotatable bonds is 10. The highest BCUT2D eigenvalue weighted by Gasteiger charge is 2.28. The molecular weight excluding hydrogens is 632 g/mol. The number of aliphatic hydroxyl groups excluding tert-OH is 1. The molecule has 0 saturated heterocycles. The molecule has 0 spiro atoms. The number of aliphatic hydroxyl groups is 1. The van der Waals surface area contributed by atoms with Crippen molar-refractivity contribution in [3.05, 3.63) is 142 Å². The Morgan fingerprint density at radius 3 is 1.31 bits per heavy atom. The number of esters is 4. The second-order valence-corrected chi connectivity index (χ2v) is 9.34. The third-order valence-corrected chi connectivity index (χ3v) is 6.16. The van der Waals surface area contributed by atoms with E-state index in [4.69, 9.17) is 27.8 Å². The molecule has 0 unspecified atom stereocenters. The van der Waals surface area contributed by atoms with E-state index in [0.717, 1.165) is 0 Å². The zero-order valence-electron chi connectivity index (χ0n) is 24.7. The number of hydrogen-bond donors (Lipinski definition) is 1. The number of carbonyl (C=O) groups excluding carboxylic acids is 7. The smallest absolute Gasteiger partial charge is 0.346 e. The van der Waals surface area contributed by atoms with Crippen molar-refractivity contribution in [1.29, 1.82) is 0 Å². The van der Waals surface area contributed by atoms with Gasteiger partial charge < -0.3 is 32.6 Å². The van der Waals surface area contributed by atoms with E-state index in [1.807, 2.05) is 0 Å². The fourth-order valence-electron chi connectivity index (χ4n) is 3.91. The molecule has 0 amide bonds. The fourth-order valence-corrected chi connectivity index (χ4v) is 3.91. The maximum Gasteiger partial charge on any atom is 0.346 e. The minimum atomic E-state index is -0.752. The van der Waals surface area contributed by atoms with E-state index in [-0.39, 0.29) is 49.7 Å². The fraction of sp³-hybridized carbons (Fsp3) is 0.0882. The van der Waals surface area contributed by atoms with Gasteiger partial charge >= 0.3 is 23.9 Å². The monoisotopic (exact) mass is 659 g/mol. The quantitative estimate of drug-likeness (QED) is 0.0902. The summed E-state index contributed by atoms with van der Waals surface area (Å²) in [7, 11) is 0. The Labute approximate surface area is 271 Å². The van der Waals surface area contributed by atoms with Gasteiger partial charge in [-0.1, -0.05) is 24.3 Å². The highest BCUT2D eigenvalue weighted by atomic mass is 16.6.